The summed E-state index contributed by atoms with van der Waals surface area (Å²) in [5, 5.41) is 9.42. The van der Waals surface area contributed by atoms with Gasteiger partial charge in [-0.05, 0) is 74.3 Å². The highest BCUT2D eigenvalue weighted by molar-refractivity contribution is 7.92. The number of halogens is 3. The number of sulfone groups is 1. The molecule has 2 aliphatic carbocycles. The molecule has 1 aromatic heterocycles. The first-order chi connectivity index (χ1) is 15.1. The molecule has 0 unspecified atom stereocenters. The van der Waals surface area contributed by atoms with Crippen LogP contribution in [0.5, 0.6) is 0 Å². The van der Waals surface area contributed by atoms with Gasteiger partial charge in [0.15, 0.2) is 9.84 Å². The molecule has 5 nitrogen and oxygen atoms in total. The molecule has 0 spiro atoms. The monoisotopic (exact) mass is 467 g/mol. The Morgan fingerprint density at radius 1 is 0.969 bits per heavy atom. The second kappa shape index (κ2) is 8.51. The number of rotatable bonds is 5. The van der Waals surface area contributed by atoms with Gasteiger partial charge < -0.3 is 10.1 Å². The summed E-state index contributed by atoms with van der Waals surface area (Å²) < 4.78 is 64.0. The Labute approximate surface area is 183 Å². The number of aliphatic hydroxyl groups is 1. The molecule has 32 heavy (non-hydrogen) atoms. The fraction of sp³-hybridized carbons (Fsp3) is 0.435. The van der Waals surface area contributed by atoms with Crippen LogP contribution in [0.4, 0.5) is 13.2 Å². The third-order valence-electron chi connectivity index (χ3n) is 6.11. The molecule has 0 bridgehead atoms. The highest BCUT2D eigenvalue weighted by Gasteiger charge is 2.37. The molecule has 1 aromatic carbocycles. The molecule has 0 atom stereocenters. The molecule has 0 radical (unpaired) electrons. The molecule has 2 N–H and O–H groups in total. The highest BCUT2D eigenvalue weighted by Crippen LogP contribution is 2.35. The van der Waals surface area contributed by atoms with Crippen LogP contribution < -0.4 is 5.56 Å². The summed E-state index contributed by atoms with van der Waals surface area (Å²) in [4.78, 5) is 14.7. The van der Waals surface area contributed by atoms with Crippen molar-refractivity contribution in [3.8, 4) is 0 Å². The largest absolute Gasteiger partial charge is 0.421 e. The van der Waals surface area contributed by atoms with E-state index < -0.39 is 27.1 Å². The van der Waals surface area contributed by atoms with Crippen molar-refractivity contribution in [1.82, 2.24) is 4.98 Å². The molecular weight excluding hydrogens is 443 g/mol. The maximum Gasteiger partial charge on any atom is 0.421 e. The van der Waals surface area contributed by atoms with Gasteiger partial charge in [0.1, 0.15) is 5.56 Å². The van der Waals surface area contributed by atoms with E-state index in [0.717, 1.165) is 6.07 Å². The fourth-order valence-corrected chi connectivity index (χ4v) is 5.75. The van der Waals surface area contributed by atoms with Gasteiger partial charge in [-0.15, -0.1) is 0 Å². The van der Waals surface area contributed by atoms with Crippen molar-refractivity contribution >= 4 is 15.4 Å². The van der Waals surface area contributed by atoms with Crippen LogP contribution in [0.15, 0.2) is 52.2 Å². The number of pyridine rings is 1. The molecule has 2 saturated carbocycles. The number of nitrogens with one attached hydrogen (secondary N) is 1. The number of hydrogen-bond acceptors (Lipinski definition) is 4. The van der Waals surface area contributed by atoms with Crippen LogP contribution in [0.3, 0.4) is 0 Å². The third kappa shape index (κ3) is 4.83. The van der Waals surface area contributed by atoms with Crippen LogP contribution >= 0.6 is 0 Å². The number of aromatic amines is 1. The Bertz CT molecular complexity index is 1170. The minimum absolute atomic E-state index is 0.0778. The third-order valence-corrected chi connectivity index (χ3v) is 8.38. The quantitative estimate of drug-likeness (QED) is 0.686. The van der Waals surface area contributed by atoms with Crippen molar-refractivity contribution in [2.24, 2.45) is 5.92 Å². The van der Waals surface area contributed by atoms with E-state index in [9.17, 15) is 31.5 Å². The molecule has 1 heterocycles. The Hall–Kier alpha value is -2.39. The van der Waals surface area contributed by atoms with E-state index in [1.165, 1.54) is 18.2 Å². The average molecular weight is 468 g/mol. The number of aromatic nitrogens is 1. The van der Waals surface area contributed by atoms with E-state index in [2.05, 4.69) is 4.98 Å². The first-order valence-electron chi connectivity index (χ1n) is 10.6. The van der Waals surface area contributed by atoms with Crippen molar-refractivity contribution in [3.63, 3.8) is 0 Å². The normalized spacial score (nSPS) is 22.7. The van der Waals surface area contributed by atoms with Crippen molar-refractivity contribution in [3.05, 3.63) is 69.6 Å². The predicted octanol–water partition coefficient (Wildman–Crippen LogP) is 4.31. The summed E-state index contributed by atoms with van der Waals surface area (Å²) >= 11 is 0. The standard InChI is InChI=1S/C23H24F3NO4S/c24-23(25,26)20-11-12-21(27-22(20)29)19(13-14-1-5-16(28)6-2-14)15-3-7-17(8-4-15)32(30,31)18-9-10-18/h3-4,7-8,11-14,16,18,28H,1-2,5-6,9-10H2,(H,27,29)/b19-13+/t14-,16-. The van der Waals surface area contributed by atoms with Crippen LogP contribution in [0.2, 0.25) is 0 Å². The first-order valence-corrected chi connectivity index (χ1v) is 12.2. The zero-order valence-electron chi connectivity index (χ0n) is 17.2. The second-order valence-corrected chi connectivity index (χ2v) is 10.8. The van der Waals surface area contributed by atoms with Crippen molar-refractivity contribution in [2.45, 2.75) is 61.0 Å². The maximum absolute atomic E-state index is 13.0. The van der Waals surface area contributed by atoms with Gasteiger partial charge in [-0.1, -0.05) is 18.2 Å². The Balaban J connectivity index is 1.73. The van der Waals surface area contributed by atoms with Gasteiger partial charge in [0.2, 0.25) is 0 Å². The summed E-state index contributed by atoms with van der Waals surface area (Å²) in [6, 6.07) is 8.23. The lowest BCUT2D eigenvalue weighted by atomic mass is 9.85. The molecule has 172 valence electrons. The molecule has 2 fully saturated rings. The summed E-state index contributed by atoms with van der Waals surface area (Å²) in [6.45, 7) is 0. The van der Waals surface area contributed by atoms with E-state index in [0.29, 0.717) is 49.7 Å². The smallest absolute Gasteiger partial charge is 0.393 e. The number of benzene rings is 1. The van der Waals surface area contributed by atoms with Crippen molar-refractivity contribution in [2.75, 3.05) is 0 Å². The maximum atomic E-state index is 13.0. The minimum atomic E-state index is -4.76. The van der Waals surface area contributed by atoms with Gasteiger partial charge in [-0.3, -0.25) is 4.79 Å². The molecule has 9 heteroatoms. The number of hydrogen-bond donors (Lipinski definition) is 2. The van der Waals surface area contributed by atoms with Crippen LogP contribution in [0, 0.1) is 5.92 Å². The number of H-pyrrole nitrogens is 1. The summed E-state index contributed by atoms with van der Waals surface area (Å²) in [6.07, 6.45) is 0.746. The van der Waals surface area contributed by atoms with Crippen LogP contribution in [-0.2, 0) is 16.0 Å². The lowest BCUT2D eigenvalue weighted by Crippen LogP contribution is -2.22. The molecule has 2 aromatic rings. The van der Waals surface area contributed by atoms with Crippen molar-refractivity contribution in [1.29, 1.82) is 0 Å². The Morgan fingerprint density at radius 3 is 2.12 bits per heavy atom. The number of allylic oxidation sites excluding steroid dienone is 1. The zero-order chi connectivity index (χ0) is 23.1. The van der Waals surface area contributed by atoms with Crippen molar-refractivity contribution < 1.29 is 26.7 Å². The minimum Gasteiger partial charge on any atom is -0.393 e. The molecule has 4 rings (SSSR count). The highest BCUT2D eigenvalue weighted by atomic mass is 32.2. The van der Waals surface area contributed by atoms with E-state index in [4.69, 9.17) is 0 Å². The SMILES string of the molecule is O=c1[nH]c(/C(=C/[C@H]2CC[C@H](O)CC2)c2ccc(S(=O)(=O)C3CC3)cc2)ccc1C(F)(F)F. The average Bonchev–Trinajstić information content (AvgIpc) is 3.58. The molecular formula is C23H24F3NO4S. The second-order valence-electron chi connectivity index (χ2n) is 8.53. The molecule has 2 aliphatic rings. The molecule has 0 aliphatic heterocycles. The lowest BCUT2D eigenvalue weighted by Gasteiger charge is -2.24. The van der Waals surface area contributed by atoms with Crippen LogP contribution in [0.25, 0.3) is 5.57 Å². The summed E-state index contributed by atoms with van der Waals surface area (Å²) in [7, 11) is -3.36. The summed E-state index contributed by atoms with van der Waals surface area (Å²) in [5.74, 6) is 0.0778. The van der Waals surface area contributed by atoms with E-state index >= 15 is 0 Å². The topological polar surface area (TPSA) is 87.2 Å². The van der Waals surface area contributed by atoms with Crippen LogP contribution in [0.1, 0.15) is 55.3 Å². The lowest BCUT2D eigenvalue weighted by molar-refractivity contribution is -0.138. The van der Waals surface area contributed by atoms with E-state index in [-0.39, 0.29) is 27.9 Å². The zero-order valence-corrected chi connectivity index (χ0v) is 18.0. The number of aliphatic hydroxyl groups excluding tert-OH is 1. The van der Waals surface area contributed by atoms with Crippen LogP contribution in [-0.4, -0.2) is 29.9 Å². The fourth-order valence-electron chi connectivity index (χ4n) is 4.09. The molecule has 0 saturated heterocycles. The Kier molecular flexibility index (Phi) is 6.06. The van der Waals surface area contributed by atoms with Gasteiger partial charge in [-0.2, -0.15) is 13.2 Å². The van der Waals surface area contributed by atoms with Gasteiger partial charge in [0.25, 0.3) is 5.56 Å². The predicted molar refractivity (Wildman–Crippen MR) is 114 cm³/mol. The first kappa shape index (κ1) is 22.8. The van der Waals surface area contributed by atoms with Gasteiger partial charge in [0.05, 0.1) is 16.2 Å². The van der Waals surface area contributed by atoms with Gasteiger partial charge in [-0.25, -0.2) is 8.42 Å². The summed E-state index contributed by atoms with van der Waals surface area (Å²) in [5.41, 5.74) is -1.14. The van der Waals surface area contributed by atoms with E-state index in [1.807, 2.05) is 6.08 Å². The van der Waals surface area contributed by atoms with E-state index in [1.54, 1.807) is 12.1 Å². The number of alkyl halides is 3. The molecule has 0 amide bonds. The van der Waals surface area contributed by atoms with Gasteiger partial charge >= 0.3 is 6.18 Å². The van der Waals surface area contributed by atoms with Gasteiger partial charge in [0, 0.05) is 11.3 Å². The Morgan fingerprint density at radius 2 is 1.59 bits per heavy atom.